The molecule has 1 heterocycles. The summed E-state index contributed by atoms with van der Waals surface area (Å²) in [5.41, 5.74) is 1.26. The van der Waals surface area contributed by atoms with Gasteiger partial charge in [-0.25, -0.2) is 8.42 Å². The van der Waals surface area contributed by atoms with Gasteiger partial charge in [0.15, 0.2) is 0 Å². The van der Waals surface area contributed by atoms with Crippen molar-refractivity contribution in [1.29, 1.82) is 0 Å². The lowest BCUT2D eigenvalue weighted by atomic mass is 10.0. The quantitative estimate of drug-likeness (QED) is 0.599. The highest BCUT2D eigenvalue weighted by Crippen LogP contribution is 2.28. The molecule has 0 bridgehead atoms. The summed E-state index contributed by atoms with van der Waals surface area (Å²) in [4.78, 5) is 2.36. The van der Waals surface area contributed by atoms with Crippen LogP contribution in [0.1, 0.15) is 5.56 Å². The maximum atomic E-state index is 13.0. The molecule has 0 atom stereocenters. The van der Waals surface area contributed by atoms with E-state index in [-0.39, 0.29) is 9.92 Å². The maximum absolute atomic E-state index is 13.0. The molecule has 1 fully saturated rings. The van der Waals surface area contributed by atoms with E-state index in [2.05, 4.69) is 35.2 Å². The molecule has 28 heavy (non-hydrogen) atoms. The molecule has 0 N–H and O–H groups in total. The topological polar surface area (TPSA) is 40.6 Å². The summed E-state index contributed by atoms with van der Waals surface area (Å²) in [6, 6.07) is 19.2. The number of fused-ring (bicyclic) bond motifs is 1. The van der Waals surface area contributed by atoms with Crippen molar-refractivity contribution >= 4 is 44.0 Å². The van der Waals surface area contributed by atoms with Gasteiger partial charge < -0.3 is 0 Å². The van der Waals surface area contributed by atoms with E-state index in [9.17, 15) is 8.42 Å². The zero-order valence-corrected chi connectivity index (χ0v) is 17.5. The highest BCUT2D eigenvalue weighted by molar-refractivity contribution is 7.89. The fourth-order valence-corrected chi connectivity index (χ4v) is 5.77. The SMILES string of the molecule is O=S(=O)(c1cc(Cl)ccc1Cl)N1CCN(Cc2cccc3ccccc23)CC1. The van der Waals surface area contributed by atoms with Gasteiger partial charge >= 0.3 is 0 Å². The van der Waals surface area contributed by atoms with Crippen LogP contribution in [0.5, 0.6) is 0 Å². The van der Waals surface area contributed by atoms with Crippen LogP contribution in [0, 0.1) is 0 Å². The molecule has 0 saturated carbocycles. The van der Waals surface area contributed by atoms with Crippen LogP contribution in [-0.4, -0.2) is 43.8 Å². The predicted octanol–water partition coefficient (Wildman–Crippen LogP) is 4.65. The Labute approximate surface area is 175 Å². The zero-order valence-electron chi connectivity index (χ0n) is 15.2. The molecular formula is C21H20Cl2N2O2S. The van der Waals surface area contributed by atoms with Crippen LogP contribution in [0.4, 0.5) is 0 Å². The lowest BCUT2D eigenvalue weighted by Crippen LogP contribution is -2.48. The van der Waals surface area contributed by atoms with Gasteiger partial charge in [-0.2, -0.15) is 4.31 Å². The number of benzene rings is 3. The molecule has 0 aromatic heterocycles. The van der Waals surface area contributed by atoms with Crippen LogP contribution in [0.15, 0.2) is 65.6 Å². The first-order valence-corrected chi connectivity index (χ1v) is 11.3. The van der Waals surface area contributed by atoms with E-state index in [0.29, 0.717) is 31.2 Å². The van der Waals surface area contributed by atoms with E-state index in [1.165, 1.54) is 32.8 Å². The summed E-state index contributed by atoms with van der Waals surface area (Å²) in [6.07, 6.45) is 0. The first kappa shape index (κ1) is 19.7. The highest BCUT2D eigenvalue weighted by Gasteiger charge is 2.30. The minimum Gasteiger partial charge on any atom is -0.296 e. The number of rotatable bonds is 4. The fraction of sp³-hybridized carbons (Fsp3) is 0.238. The number of piperazine rings is 1. The average molecular weight is 435 g/mol. The number of hydrogen-bond donors (Lipinski definition) is 0. The monoisotopic (exact) mass is 434 g/mol. The first-order chi connectivity index (χ1) is 13.4. The molecule has 4 rings (SSSR count). The zero-order chi connectivity index (χ0) is 19.7. The number of nitrogens with zero attached hydrogens (tertiary/aromatic N) is 2. The Balaban J connectivity index is 1.48. The fourth-order valence-electron chi connectivity index (χ4n) is 3.61. The highest BCUT2D eigenvalue weighted by atomic mass is 35.5. The molecule has 0 unspecified atom stereocenters. The van der Waals surface area contributed by atoms with Gasteiger partial charge in [-0.1, -0.05) is 65.7 Å². The van der Waals surface area contributed by atoms with Gasteiger partial charge in [-0.05, 0) is 34.5 Å². The standard InChI is InChI=1S/C21H20Cl2N2O2S/c22-18-8-9-20(23)21(14-18)28(26,27)25-12-10-24(11-13-25)15-17-6-3-5-16-4-1-2-7-19(16)17/h1-9,14H,10-13,15H2. The van der Waals surface area contributed by atoms with Crippen LogP contribution >= 0.6 is 23.2 Å². The van der Waals surface area contributed by atoms with Crippen molar-refractivity contribution in [3.8, 4) is 0 Å². The van der Waals surface area contributed by atoms with Crippen LogP contribution in [0.25, 0.3) is 10.8 Å². The Bertz CT molecular complexity index is 1110. The largest absolute Gasteiger partial charge is 0.296 e. The molecule has 1 aliphatic heterocycles. The predicted molar refractivity (Wildman–Crippen MR) is 114 cm³/mol. The minimum atomic E-state index is -3.66. The number of sulfonamides is 1. The average Bonchev–Trinajstić information content (AvgIpc) is 2.70. The normalized spacial score (nSPS) is 16.5. The van der Waals surface area contributed by atoms with Crippen LogP contribution in [0.2, 0.25) is 10.0 Å². The van der Waals surface area contributed by atoms with Crippen molar-refractivity contribution in [1.82, 2.24) is 9.21 Å². The summed E-state index contributed by atoms with van der Waals surface area (Å²) >= 11 is 12.1. The maximum Gasteiger partial charge on any atom is 0.244 e. The molecule has 146 valence electrons. The second-order valence-corrected chi connectivity index (χ2v) is 9.64. The second kappa shape index (κ2) is 8.01. The minimum absolute atomic E-state index is 0.0733. The van der Waals surface area contributed by atoms with Crippen molar-refractivity contribution in [3.63, 3.8) is 0 Å². The molecule has 0 amide bonds. The second-order valence-electron chi connectivity index (χ2n) is 6.89. The molecule has 0 aliphatic carbocycles. The molecule has 4 nitrogen and oxygen atoms in total. The molecule has 3 aromatic carbocycles. The molecule has 1 saturated heterocycles. The molecule has 0 spiro atoms. The van der Waals surface area contributed by atoms with Crippen molar-refractivity contribution in [2.75, 3.05) is 26.2 Å². The summed E-state index contributed by atoms with van der Waals surface area (Å²) in [5, 5.41) is 3.02. The Morgan fingerprint density at radius 3 is 2.36 bits per heavy atom. The van der Waals surface area contributed by atoms with E-state index < -0.39 is 10.0 Å². The van der Waals surface area contributed by atoms with Crippen molar-refractivity contribution in [2.45, 2.75) is 11.4 Å². The lowest BCUT2D eigenvalue weighted by molar-refractivity contribution is 0.182. The summed E-state index contributed by atoms with van der Waals surface area (Å²) < 4.78 is 27.4. The van der Waals surface area contributed by atoms with E-state index in [4.69, 9.17) is 23.2 Å². The summed E-state index contributed by atoms with van der Waals surface area (Å²) in [7, 11) is -3.66. The van der Waals surface area contributed by atoms with Crippen molar-refractivity contribution < 1.29 is 8.42 Å². The summed E-state index contributed by atoms with van der Waals surface area (Å²) in [5.74, 6) is 0. The first-order valence-electron chi connectivity index (χ1n) is 9.09. The van der Waals surface area contributed by atoms with Gasteiger partial charge in [0.1, 0.15) is 4.90 Å². The van der Waals surface area contributed by atoms with Gasteiger partial charge in [-0.3, -0.25) is 4.90 Å². The molecule has 1 aliphatic rings. The van der Waals surface area contributed by atoms with E-state index in [1.807, 2.05) is 12.1 Å². The third-order valence-electron chi connectivity index (χ3n) is 5.12. The molecular weight excluding hydrogens is 415 g/mol. The van der Waals surface area contributed by atoms with Crippen LogP contribution in [0.3, 0.4) is 0 Å². The van der Waals surface area contributed by atoms with Gasteiger partial charge in [-0.15, -0.1) is 0 Å². The lowest BCUT2D eigenvalue weighted by Gasteiger charge is -2.34. The Morgan fingerprint density at radius 1 is 0.857 bits per heavy atom. The Hall–Kier alpha value is -1.63. The third kappa shape index (κ3) is 3.91. The van der Waals surface area contributed by atoms with Gasteiger partial charge in [0.2, 0.25) is 10.0 Å². The number of halogens is 2. The molecule has 3 aromatic rings. The van der Waals surface area contributed by atoms with Gasteiger partial charge in [0, 0.05) is 37.7 Å². The van der Waals surface area contributed by atoms with Gasteiger partial charge in [0.05, 0.1) is 5.02 Å². The summed E-state index contributed by atoms with van der Waals surface area (Å²) in [6.45, 7) is 2.99. The van der Waals surface area contributed by atoms with Gasteiger partial charge in [0.25, 0.3) is 0 Å². The van der Waals surface area contributed by atoms with Crippen molar-refractivity contribution in [2.24, 2.45) is 0 Å². The van der Waals surface area contributed by atoms with E-state index in [1.54, 1.807) is 6.07 Å². The molecule has 0 radical (unpaired) electrons. The van der Waals surface area contributed by atoms with Crippen molar-refractivity contribution in [3.05, 3.63) is 76.3 Å². The third-order valence-corrected chi connectivity index (χ3v) is 7.73. The van der Waals surface area contributed by atoms with Crippen LogP contribution < -0.4 is 0 Å². The number of hydrogen-bond acceptors (Lipinski definition) is 3. The van der Waals surface area contributed by atoms with Crippen LogP contribution in [-0.2, 0) is 16.6 Å². The Morgan fingerprint density at radius 2 is 1.57 bits per heavy atom. The smallest absolute Gasteiger partial charge is 0.244 e. The Kier molecular flexibility index (Phi) is 5.63. The van der Waals surface area contributed by atoms with E-state index in [0.717, 1.165) is 6.54 Å². The molecule has 7 heteroatoms. The van der Waals surface area contributed by atoms with E-state index >= 15 is 0 Å².